The minimum atomic E-state index is -1.06. The molecule has 2 unspecified atom stereocenters. The molecule has 7 heteroatoms. The quantitative estimate of drug-likeness (QED) is 0.822. The minimum Gasteiger partial charge on any atom is -0.388 e. The molecule has 1 saturated carbocycles. The van der Waals surface area contributed by atoms with E-state index in [9.17, 15) is 5.11 Å². The first-order chi connectivity index (χ1) is 13.5. The van der Waals surface area contributed by atoms with Crippen molar-refractivity contribution in [3.8, 4) is 0 Å². The first-order valence-corrected chi connectivity index (χ1v) is 9.99. The van der Waals surface area contributed by atoms with Crippen LogP contribution in [0.15, 0.2) is 30.3 Å². The molecule has 0 radical (unpaired) electrons. The number of fused-ring (bicyclic) bond motifs is 2. The maximum Gasteiger partial charge on any atom is 0.223 e. The van der Waals surface area contributed by atoms with E-state index in [0.29, 0.717) is 19.4 Å². The van der Waals surface area contributed by atoms with Gasteiger partial charge in [0.1, 0.15) is 18.3 Å². The fourth-order valence-electron chi connectivity index (χ4n) is 4.58. The van der Waals surface area contributed by atoms with Crippen molar-refractivity contribution < 1.29 is 33.5 Å². The van der Waals surface area contributed by atoms with Crippen LogP contribution in [0.5, 0.6) is 0 Å². The largest absolute Gasteiger partial charge is 0.388 e. The molecule has 28 heavy (non-hydrogen) atoms. The van der Waals surface area contributed by atoms with Crippen LogP contribution < -0.4 is 0 Å². The summed E-state index contributed by atoms with van der Waals surface area (Å²) in [6, 6.07) is 9.87. The summed E-state index contributed by atoms with van der Waals surface area (Å²) in [5.74, 6) is -2.11. The molecular weight excluding hydrogens is 364 g/mol. The van der Waals surface area contributed by atoms with E-state index in [1.165, 1.54) is 0 Å². The zero-order chi connectivity index (χ0) is 19.8. The fourth-order valence-corrected chi connectivity index (χ4v) is 4.58. The molecule has 0 spiro atoms. The molecular formula is C21H30O7. The van der Waals surface area contributed by atoms with Gasteiger partial charge in [0.15, 0.2) is 6.29 Å². The van der Waals surface area contributed by atoms with Crippen molar-refractivity contribution in [3.05, 3.63) is 35.9 Å². The Hall–Kier alpha value is -1.06. The summed E-state index contributed by atoms with van der Waals surface area (Å²) in [4.78, 5) is 0. The van der Waals surface area contributed by atoms with Gasteiger partial charge in [-0.25, -0.2) is 0 Å². The van der Waals surface area contributed by atoms with Crippen LogP contribution >= 0.6 is 0 Å². The molecule has 0 bridgehead atoms. The third-order valence-corrected chi connectivity index (χ3v) is 6.17. The second-order valence-electron chi connectivity index (χ2n) is 7.78. The van der Waals surface area contributed by atoms with Crippen LogP contribution in [0.25, 0.3) is 0 Å². The molecule has 156 valence electrons. The molecule has 3 fully saturated rings. The van der Waals surface area contributed by atoms with E-state index < -0.39 is 42.3 Å². The van der Waals surface area contributed by atoms with E-state index in [0.717, 1.165) is 18.4 Å². The topological polar surface area (TPSA) is 75.6 Å². The van der Waals surface area contributed by atoms with E-state index in [2.05, 4.69) is 0 Å². The Bertz CT molecular complexity index is 655. The van der Waals surface area contributed by atoms with Gasteiger partial charge in [-0.2, -0.15) is 0 Å². The molecule has 4 rings (SSSR count). The molecule has 2 heterocycles. The van der Waals surface area contributed by atoms with Crippen molar-refractivity contribution in [2.75, 3.05) is 14.2 Å². The van der Waals surface area contributed by atoms with Gasteiger partial charge in [-0.05, 0) is 25.3 Å². The van der Waals surface area contributed by atoms with Gasteiger partial charge in [0.05, 0.1) is 12.7 Å². The summed E-state index contributed by atoms with van der Waals surface area (Å²) >= 11 is 0. The summed E-state index contributed by atoms with van der Waals surface area (Å²) in [6.45, 7) is 2.18. The van der Waals surface area contributed by atoms with Gasteiger partial charge in [0, 0.05) is 27.1 Å². The number of ether oxygens (including phenoxy) is 6. The molecule has 7 atom stereocenters. The smallest absolute Gasteiger partial charge is 0.223 e. The van der Waals surface area contributed by atoms with E-state index in [-0.39, 0.29) is 0 Å². The molecule has 1 aromatic carbocycles. The maximum atomic E-state index is 10.8. The first kappa shape index (κ1) is 20.2. The van der Waals surface area contributed by atoms with Crippen molar-refractivity contribution in [3.63, 3.8) is 0 Å². The lowest BCUT2D eigenvalue weighted by atomic mass is 9.84. The van der Waals surface area contributed by atoms with Crippen molar-refractivity contribution in [1.82, 2.24) is 0 Å². The normalized spacial score (nSPS) is 43.2. The van der Waals surface area contributed by atoms with E-state index in [4.69, 9.17) is 28.4 Å². The molecule has 2 saturated heterocycles. The fraction of sp³-hybridized carbons (Fsp3) is 0.714. The van der Waals surface area contributed by atoms with Gasteiger partial charge in [0.25, 0.3) is 0 Å². The van der Waals surface area contributed by atoms with E-state index >= 15 is 0 Å². The summed E-state index contributed by atoms with van der Waals surface area (Å²) < 4.78 is 36.5. The number of aliphatic hydroxyl groups excluding tert-OH is 1. The van der Waals surface area contributed by atoms with Gasteiger partial charge < -0.3 is 33.5 Å². The highest BCUT2D eigenvalue weighted by Crippen LogP contribution is 2.51. The van der Waals surface area contributed by atoms with Crippen LogP contribution in [0.1, 0.15) is 38.2 Å². The van der Waals surface area contributed by atoms with Crippen molar-refractivity contribution in [2.45, 2.75) is 81.5 Å². The third-order valence-electron chi connectivity index (χ3n) is 6.17. The Morgan fingerprint density at radius 1 is 1.00 bits per heavy atom. The van der Waals surface area contributed by atoms with Crippen LogP contribution in [-0.4, -0.2) is 61.6 Å². The molecule has 2 aliphatic heterocycles. The average Bonchev–Trinajstić information content (AvgIpc) is 2.74. The number of hydrogen-bond acceptors (Lipinski definition) is 7. The van der Waals surface area contributed by atoms with E-state index in [1.54, 1.807) is 14.2 Å². The second kappa shape index (κ2) is 7.99. The van der Waals surface area contributed by atoms with Crippen molar-refractivity contribution in [1.29, 1.82) is 0 Å². The van der Waals surface area contributed by atoms with Crippen molar-refractivity contribution >= 4 is 0 Å². The summed E-state index contributed by atoms with van der Waals surface area (Å²) in [5, 5.41) is 10.8. The van der Waals surface area contributed by atoms with E-state index in [1.807, 2.05) is 37.3 Å². The Labute approximate surface area is 165 Å². The number of rotatable bonds is 5. The van der Waals surface area contributed by atoms with Gasteiger partial charge >= 0.3 is 0 Å². The van der Waals surface area contributed by atoms with Gasteiger partial charge in [-0.1, -0.05) is 30.3 Å². The Kier molecular flexibility index (Phi) is 5.77. The lowest BCUT2D eigenvalue weighted by Gasteiger charge is -2.59. The Morgan fingerprint density at radius 3 is 2.21 bits per heavy atom. The SMILES string of the molecule is COC12CCCCC1(OC)O[C@H]1[C@H](OCc3ccccc3)O[C@@H](C)[C@H](O)[C@H]1O2. The predicted octanol–water partition coefficient (Wildman–Crippen LogP) is 2.35. The molecule has 7 nitrogen and oxygen atoms in total. The highest BCUT2D eigenvalue weighted by Gasteiger charge is 2.66. The van der Waals surface area contributed by atoms with Crippen LogP contribution in [0.2, 0.25) is 0 Å². The molecule has 0 amide bonds. The van der Waals surface area contributed by atoms with Gasteiger partial charge in [-0.3, -0.25) is 0 Å². The predicted molar refractivity (Wildman–Crippen MR) is 99.3 cm³/mol. The molecule has 0 aromatic heterocycles. The number of benzene rings is 1. The Balaban J connectivity index is 1.59. The standard InChI is InChI=1S/C21H30O7/c1-14-16(22)17-18(19(26-14)25-13-15-9-5-4-6-10-15)28-21(24-3)12-8-7-11-20(21,23-2)27-17/h4-6,9-10,14,16-19,22H,7-8,11-13H2,1-3H3/t14-,16-,17+,18+,19+,20?,21?/m0/s1. The van der Waals surface area contributed by atoms with Crippen LogP contribution in [0.3, 0.4) is 0 Å². The number of aliphatic hydroxyl groups is 1. The zero-order valence-corrected chi connectivity index (χ0v) is 16.7. The average molecular weight is 394 g/mol. The third kappa shape index (κ3) is 3.29. The maximum absolute atomic E-state index is 10.8. The van der Waals surface area contributed by atoms with Crippen LogP contribution in [-0.2, 0) is 35.0 Å². The van der Waals surface area contributed by atoms with Crippen LogP contribution in [0, 0.1) is 0 Å². The monoisotopic (exact) mass is 394 g/mol. The lowest BCUT2D eigenvalue weighted by molar-refractivity contribution is -0.500. The van der Waals surface area contributed by atoms with Crippen molar-refractivity contribution in [2.24, 2.45) is 0 Å². The lowest BCUT2D eigenvalue weighted by Crippen LogP contribution is -2.74. The highest BCUT2D eigenvalue weighted by atomic mass is 16.8. The first-order valence-electron chi connectivity index (χ1n) is 9.99. The molecule has 3 aliphatic rings. The summed E-state index contributed by atoms with van der Waals surface area (Å²) in [7, 11) is 3.20. The molecule has 1 N–H and O–H groups in total. The summed E-state index contributed by atoms with van der Waals surface area (Å²) in [6.07, 6.45) is -0.112. The van der Waals surface area contributed by atoms with Gasteiger partial charge in [0.2, 0.25) is 11.6 Å². The highest BCUT2D eigenvalue weighted by molar-refractivity contribution is 5.13. The van der Waals surface area contributed by atoms with Gasteiger partial charge in [-0.15, -0.1) is 0 Å². The zero-order valence-electron chi connectivity index (χ0n) is 16.7. The van der Waals surface area contributed by atoms with Crippen LogP contribution in [0.4, 0.5) is 0 Å². The summed E-state index contributed by atoms with van der Waals surface area (Å²) in [5.41, 5.74) is 1.03. The second-order valence-corrected chi connectivity index (χ2v) is 7.78. The number of methoxy groups -OCH3 is 2. The number of hydrogen-bond donors (Lipinski definition) is 1. The molecule has 1 aromatic rings. The molecule has 1 aliphatic carbocycles. The Morgan fingerprint density at radius 2 is 1.61 bits per heavy atom. The minimum absolute atomic E-state index is 0.371.